The Bertz CT molecular complexity index is 532. The number of hydrogen-bond donors (Lipinski definition) is 1. The lowest BCUT2D eigenvalue weighted by Crippen LogP contribution is -2.21. The first kappa shape index (κ1) is 12.6. The molecular weight excluding hydrogens is 226 g/mol. The number of imidazole rings is 1. The second kappa shape index (κ2) is 5.18. The van der Waals surface area contributed by atoms with Gasteiger partial charge in [-0.2, -0.15) is 0 Å². The number of hydrogen-bond acceptors (Lipinski definition) is 4. The molecule has 0 saturated heterocycles. The number of rotatable bonds is 4. The summed E-state index contributed by atoms with van der Waals surface area (Å²) in [7, 11) is 4.01. The minimum Gasteiger partial charge on any atom is -0.352 e. The van der Waals surface area contributed by atoms with Crippen molar-refractivity contribution in [1.82, 2.24) is 14.5 Å². The van der Waals surface area contributed by atoms with E-state index in [1.54, 1.807) is 6.20 Å². The summed E-state index contributed by atoms with van der Waals surface area (Å²) in [4.78, 5) is 10.9. The third-order valence-corrected chi connectivity index (χ3v) is 3.00. The van der Waals surface area contributed by atoms with Crippen molar-refractivity contribution in [2.75, 3.05) is 11.9 Å². The number of nitrogens with zero attached hydrogens (tertiary/aromatic N) is 4. The quantitative estimate of drug-likeness (QED) is 0.880. The normalized spacial score (nSPS) is 10.7. The van der Waals surface area contributed by atoms with Crippen LogP contribution >= 0.6 is 0 Å². The Morgan fingerprint density at radius 2 is 2.17 bits per heavy atom. The molecule has 0 atom stereocenters. The molecule has 2 heterocycles. The van der Waals surface area contributed by atoms with Crippen LogP contribution in [0.4, 0.5) is 5.82 Å². The Labute approximate surface area is 107 Å². The van der Waals surface area contributed by atoms with E-state index in [2.05, 4.69) is 27.9 Å². The van der Waals surface area contributed by atoms with Gasteiger partial charge in [-0.05, 0) is 24.1 Å². The van der Waals surface area contributed by atoms with E-state index in [9.17, 15) is 0 Å². The zero-order valence-corrected chi connectivity index (χ0v) is 11.1. The molecule has 0 spiro atoms. The van der Waals surface area contributed by atoms with Gasteiger partial charge in [0, 0.05) is 39.2 Å². The largest absolute Gasteiger partial charge is 0.352 e. The number of aromatic nitrogens is 3. The first-order valence-corrected chi connectivity index (χ1v) is 5.94. The highest BCUT2D eigenvalue weighted by Gasteiger charge is 2.09. The number of anilines is 1. The van der Waals surface area contributed by atoms with Crippen LogP contribution in [0.5, 0.6) is 0 Å². The first-order chi connectivity index (χ1) is 8.61. The molecule has 5 nitrogen and oxygen atoms in total. The van der Waals surface area contributed by atoms with E-state index < -0.39 is 0 Å². The van der Waals surface area contributed by atoms with E-state index in [1.807, 2.05) is 31.1 Å². The molecule has 18 heavy (non-hydrogen) atoms. The number of pyridine rings is 1. The molecule has 96 valence electrons. The molecule has 5 heteroatoms. The summed E-state index contributed by atoms with van der Waals surface area (Å²) < 4.78 is 2.01. The van der Waals surface area contributed by atoms with Crippen molar-refractivity contribution >= 4 is 5.82 Å². The Balaban J connectivity index is 2.19. The summed E-state index contributed by atoms with van der Waals surface area (Å²) >= 11 is 0. The molecule has 0 unspecified atom stereocenters. The van der Waals surface area contributed by atoms with Crippen LogP contribution in [-0.2, 0) is 20.1 Å². The van der Waals surface area contributed by atoms with Crippen molar-refractivity contribution < 1.29 is 0 Å². The third kappa shape index (κ3) is 2.51. The van der Waals surface area contributed by atoms with Crippen molar-refractivity contribution in [3.8, 4) is 0 Å². The molecular formula is C13H19N5. The minimum atomic E-state index is 0.525. The molecule has 2 aromatic heterocycles. The van der Waals surface area contributed by atoms with Gasteiger partial charge < -0.3 is 15.2 Å². The van der Waals surface area contributed by atoms with E-state index in [0.717, 1.165) is 29.3 Å². The molecule has 0 aliphatic rings. The van der Waals surface area contributed by atoms with Crippen LogP contribution in [0.25, 0.3) is 0 Å². The van der Waals surface area contributed by atoms with Crippen molar-refractivity contribution in [2.24, 2.45) is 12.8 Å². The lowest BCUT2D eigenvalue weighted by atomic mass is 10.2. The molecule has 2 N–H and O–H groups in total. The van der Waals surface area contributed by atoms with Crippen LogP contribution < -0.4 is 10.6 Å². The monoisotopic (exact) mass is 245 g/mol. The average Bonchev–Trinajstić information content (AvgIpc) is 2.74. The van der Waals surface area contributed by atoms with Crippen LogP contribution in [0.1, 0.15) is 17.0 Å². The van der Waals surface area contributed by atoms with Gasteiger partial charge in [-0.3, -0.25) is 0 Å². The van der Waals surface area contributed by atoms with Gasteiger partial charge in [-0.15, -0.1) is 0 Å². The summed E-state index contributed by atoms with van der Waals surface area (Å²) in [5.74, 6) is 1.98. The highest BCUT2D eigenvalue weighted by atomic mass is 15.2. The molecule has 2 aromatic rings. The zero-order chi connectivity index (χ0) is 13.1. The standard InChI is InChI=1S/C13H19N5/c1-10-6-11(7-14)8-16-13(10)18(3)9-12-15-4-5-17(12)2/h4-6,8H,7,9,14H2,1-3H3. The Morgan fingerprint density at radius 1 is 1.39 bits per heavy atom. The predicted octanol–water partition coefficient (Wildman–Crippen LogP) is 1.22. The molecule has 2 rings (SSSR count). The fourth-order valence-electron chi connectivity index (χ4n) is 1.97. The van der Waals surface area contributed by atoms with Crippen molar-refractivity contribution in [3.63, 3.8) is 0 Å². The van der Waals surface area contributed by atoms with E-state index in [0.29, 0.717) is 6.54 Å². The SMILES string of the molecule is Cc1cc(CN)cnc1N(C)Cc1nccn1C. The van der Waals surface area contributed by atoms with E-state index in [-0.39, 0.29) is 0 Å². The van der Waals surface area contributed by atoms with Crippen molar-refractivity contribution in [3.05, 3.63) is 41.6 Å². The highest BCUT2D eigenvalue weighted by molar-refractivity contribution is 5.46. The molecule has 0 aliphatic heterocycles. The summed E-state index contributed by atoms with van der Waals surface area (Å²) in [5, 5.41) is 0. The summed E-state index contributed by atoms with van der Waals surface area (Å²) in [6.07, 6.45) is 5.58. The molecule has 0 radical (unpaired) electrons. The van der Waals surface area contributed by atoms with E-state index >= 15 is 0 Å². The average molecular weight is 245 g/mol. The van der Waals surface area contributed by atoms with Crippen LogP contribution in [0.2, 0.25) is 0 Å². The third-order valence-electron chi connectivity index (χ3n) is 3.00. The second-order valence-corrected chi connectivity index (χ2v) is 4.50. The summed E-state index contributed by atoms with van der Waals surface area (Å²) in [6.45, 7) is 3.31. The van der Waals surface area contributed by atoms with Gasteiger partial charge >= 0.3 is 0 Å². The first-order valence-electron chi connectivity index (χ1n) is 5.94. The van der Waals surface area contributed by atoms with Gasteiger partial charge in [-0.25, -0.2) is 9.97 Å². The van der Waals surface area contributed by atoms with Crippen molar-refractivity contribution in [2.45, 2.75) is 20.0 Å². The molecule has 0 amide bonds. The van der Waals surface area contributed by atoms with E-state index in [4.69, 9.17) is 5.73 Å². The van der Waals surface area contributed by atoms with Gasteiger partial charge in [0.2, 0.25) is 0 Å². The van der Waals surface area contributed by atoms with Crippen LogP contribution in [0, 0.1) is 6.92 Å². The van der Waals surface area contributed by atoms with Crippen molar-refractivity contribution in [1.29, 1.82) is 0 Å². The molecule has 0 aliphatic carbocycles. The molecule has 0 aromatic carbocycles. The maximum absolute atomic E-state index is 5.61. The van der Waals surface area contributed by atoms with Gasteiger partial charge in [-0.1, -0.05) is 0 Å². The van der Waals surface area contributed by atoms with Crippen LogP contribution in [0.3, 0.4) is 0 Å². The predicted molar refractivity (Wildman–Crippen MR) is 72.2 cm³/mol. The molecule has 0 saturated carbocycles. The smallest absolute Gasteiger partial charge is 0.131 e. The molecule has 0 bridgehead atoms. The fraction of sp³-hybridized carbons (Fsp3) is 0.385. The topological polar surface area (TPSA) is 60.0 Å². The van der Waals surface area contributed by atoms with Crippen LogP contribution in [0.15, 0.2) is 24.7 Å². The van der Waals surface area contributed by atoms with Gasteiger partial charge in [0.15, 0.2) is 0 Å². The highest BCUT2D eigenvalue weighted by Crippen LogP contribution is 2.18. The Hall–Kier alpha value is -1.88. The Kier molecular flexibility index (Phi) is 3.62. The number of nitrogens with two attached hydrogens (primary N) is 1. The van der Waals surface area contributed by atoms with Gasteiger partial charge in [0.1, 0.15) is 11.6 Å². The minimum absolute atomic E-state index is 0.525. The fourth-order valence-corrected chi connectivity index (χ4v) is 1.97. The van der Waals surface area contributed by atoms with Crippen LogP contribution in [-0.4, -0.2) is 21.6 Å². The van der Waals surface area contributed by atoms with E-state index in [1.165, 1.54) is 0 Å². The Morgan fingerprint density at radius 3 is 2.72 bits per heavy atom. The van der Waals surface area contributed by atoms with Gasteiger partial charge in [0.25, 0.3) is 0 Å². The zero-order valence-electron chi connectivity index (χ0n) is 11.1. The maximum atomic E-state index is 5.61. The lowest BCUT2D eigenvalue weighted by molar-refractivity contribution is 0.753. The molecule has 0 fully saturated rings. The maximum Gasteiger partial charge on any atom is 0.131 e. The second-order valence-electron chi connectivity index (χ2n) is 4.50. The summed E-state index contributed by atoms with van der Waals surface area (Å²) in [5.41, 5.74) is 7.80. The lowest BCUT2D eigenvalue weighted by Gasteiger charge is -2.20. The van der Waals surface area contributed by atoms with Gasteiger partial charge in [0.05, 0.1) is 6.54 Å². The number of aryl methyl sites for hydroxylation is 2. The summed E-state index contributed by atoms with van der Waals surface area (Å²) in [6, 6.07) is 2.08.